The lowest BCUT2D eigenvalue weighted by Gasteiger charge is -2.23. The lowest BCUT2D eigenvalue weighted by atomic mass is 10.1. The molecular weight excluding hydrogens is 312 g/mol. The fraction of sp³-hybridized carbons (Fsp3) is 0.500. The Hall–Kier alpha value is -2.07. The molecule has 0 saturated heterocycles. The lowest BCUT2D eigenvalue weighted by molar-refractivity contribution is -0.742. The van der Waals surface area contributed by atoms with Gasteiger partial charge in [0.2, 0.25) is 10.0 Å². The number of aryl methyl sites for hydroxylation is 1. The summed E-state index contributed by atoms with van der Waals surface area (Å²) in [6.45, 7) is 5.84. The number of likely N-dealkylation sites (N-methyl/N-ethyl adjacent to an activating group) is 1. The molecule has 0 amide bonds. The third-order valence-electron chi connectivity index (χ3n) is 2.75. The number of rotatable bonds is 6. The molecule has 0 bridgehead atoms. The molecule has 0 heterocycles. The Kier molecular flexibility index (Phi) is 8.20. The van der Waals surface area contributed by atoms with E-state index >= 15 is 0 Å². The second-order valence-corrected chi connectivity index (χ2v) is 6.36. The molecule has 22 heavy (non-hydrogen) atoms. The first-order valence-electron chi connectivity index (χ1n) is 6.45. The van der Waals surface area contributed by atoms with Crippen molar-refractivity contribution >= 4 is 21.4 Å². The zero-order chi connectivity index (χ0) is 17.3. The van der Waals surface area contributed by atoms with Crippen LogP contribution >= 0.6 is 0 Å². The number of nitrogens with one attached hydrogen (secondary N) is 1. The molecule has 0 radical (unpaired) electrons. The minimum absolute atomic E-state index is 0.399. The molecule has 1 aromatic carbocycles. The molecule has 4 N–H and O–H groups in total. The highest BCUT2D eigenvalue weighted by Crippen LogP contribution is 2.20. The predicted molar refractivity (Wildman–Crippen MR) is 85.1 cm³/mol. The van der Waals surface area contributed by atoms with E-state index in [4.69, 9.17) is 21.1 Å². The molecule has 0 saturated carbocycles. The van der Waals surface area contributed by atoms with Crippen molar-refractivity contribution in [3.63, 3.8) is 0 Å². The van der Waals surface area contributed by atoms with Crippen molar-refractivity contribution in [1.82, 2.24) is 4.72 Å². The molecule has 0 aliphatic heterocycles. The maximum absolute atomic E-state index is 11.0. The minimum Gasteiger partial charge on any atom is -0.399 e. The molecule has 10 heteroatoms. The summed E-state index contributed by atoms with van der Waals surface area (Å²) in [6, 6.07) is 5.84. The summed E-state index contributed by atoms with van der Waals surface area (Å²) in [5, 5.41) is 13.6. The van der Waals surface area contributed by atoms with Crippen molar-refractivity contribution in [3.8, 4) is 0 Å². The average molecular weight is 334 g/mol. The van der Waals surface area contributed by atoms with Gasteiger partial charge in [-0.05, 0) is 37.6 Å². The first-order valence-corrected chi connectivity index (χ1v) is 8.35. The van der Waals surface area contributed by atoms with E-state index < -0.39 is 15.1 Å². The summed E-state index contributed by atoms with van der Waals surface area (Å²) in [5.41, 5.74) is 8.63. The average Bonchev–Trinajstić information content (AvgIpc) is 2.36. The van der Waals surface area contributed by atoms with Crippen LogP contribution in [0.15, 0.2) is 18.2 Å². The molecule has 0 spiro atoms. The quantitative estimate of drug-likeness (QED) is 0.393. The third kappa shape index (κ3) is 8.97. The molecule has 126 valence electrons. The number of nitrogen functional groups attached to an aromatic ring is 1. The van der Waals surface area contributed by atoms with Crippen LogP contribution < -0.4 is 15.4 Å². The highest BCUT2D eigenvalue weighted by Gasteiger charge is 2.07. The summed E-state index contributed by atoms with van der Waals surface area (Å²) in [5.74, 6) is 0. The van der Waals surface area contributed by atoms with Crippen LogP contribution in [0.25, 0.3) is 0 Å². The van der Waals surface area contributed by atoms with Gasteiger partial charge in [0.1, 0.15) is 0 Å². The Balaban J connectivity index is 0.000000980. The van der Waals surface area contributed by atoms with Gasteiger partial charge in [0.25, 0.3) is 5.09 Å². The van der Waals surface area contributed by atoms with Crippen LogP contribution in [-0.4, -0.2) is 44.6 Å². The van der Waals surface area contributed by atoms with Gasteiger partial charge in [-0.1, -0.05) is 0 Å². The monoisotopic (exact) mass is 334 g/mol. The molecular formula is C12H22N4O5S. The smallest absolute Gasteiger partial charge is 0.291 e. The van der Waals surface area contributed by atoms with Crippen molar-refractivity contribution in [2.45, 2.75) is 13.8 Å². The van der Waals surface area contributed by atoms with Crippen molar-refractivity contribution in [1.29, 1.82) is 0 Å². The van der Waals surface area contributed by atoms with E-state index in [1.165, 1.54) is 0 Å². The van der Waals surface area contributed by atoms with Gasteiger partial charge in [-0.15, -0.1) is 10.1 Å². The van der Waals surface area contributed by atoms with Gasteiger partial charge < -0.3 is 15.8 Å². The first kappa shape index (κ1) is 19.9. The Morgan fingerprint density at radius 2 is 2.00 bits per heavy atom. The number of nitrogens with two attached hydrogens (primary N) is 1. The zero-order valence-electron chi connectivity index (χ0n) is 12.8. The number of hydrogen-bond donors (Lipinski definition) is 3. The van der Waals surface area contributed by atoms with E-state index in [1.54, 1.807) is 0 Å². The maximum Gasteiger partial charge on any atom is 0.291 e. The fourth-order valence-electron chi connectivity index (χ4n) is 1.69. The number of nitrogens with zero attached hydrogens (tertiary/aromatic N) is 2. The van der Waals surface area contributed by atoms with Crippen LogP contribution in [-0.2, 0) is 10.0 Å². The van der Waals surface area contributed by atoms with Gasteiger partial charge in [-0.25, -0.2) is 13.1 Å². The number of benzene rings is 1. The topological polar surface area (TPSA) is 139 Å². The molecule has 0 unspecified atom stereocenters. The van der Waals surface area contributed by atoms with E-state index in [2.05, 4.69) is 9.62 Å². The molecule has 0 atom stereocenters. The van der Waals surface area contributed by atoms with Crippen LogP contribution in [0.2, 0.25) is 0 Å². The summed E-state index contributed by atoms with van der Waals surface area (Å²) in [7, 11) is -3.12. The Bertz CT molecular complexity index is 587. The van der Waals surface area contributed by atoms with Crippen molar-refractivity contribution < 1.29 is 18.7 Å². The molecule has 0 aliphatic rings. The van der Waals surface area contributed by atoms with E-state index in [0.29, 0.717) is 13.1 Å². The second kappa shape index (κ2) is 9.05. The summed E-state index contributed by atoms with van der Waals surface area (Å²) >= 11 is 0. The van der Waals surface area contributed by atoms with Gasteiger partial charge in [0.05, 0.1) is 6.26 Å². The number of sulfonamides is 1. The minimum atomic E-state index is -3.12. The van der Waals surface area contributed by atoms with E-state index in [0.717, 1.165) is 29.7 Å². The standard InChI is InChI=1S/C12H21N3O2S.HNO3/c1-4-15(8-7-14-18(3,16)17)11-5-6-12(13)10(2)9-11;2-1(3)4/h5-6,9,14H,4,7-8,13H2,1-3H3;(H,2,3,4). The van der Waals surface area contributed by atoms with E-state index in [1.807, 2.05) is 32.0 Å². The fourth-order valence-corrected chi connectivity index (χ4v) is 2.15. The van der Waals surface area contributed by atoms with Crippen molar-refractivity contribution in [3.05, 3.63) is 33.9 Å². The highest BCUT2D eigenvalue weighted by molar-refractivity contribution is 7.88. The first-order chi connectivity index (χ1) is 10.1. The SMILES string of the molecule is CCN(CCNS(C)(=O)=O)c1ccc(N)c(C)c1.O=[N+]([O-])O. The summed E-state index contributed by atoms with van der Waals surface area (Å²) in [6.07, 6.45) is 1.16. The van der Waals surface area contributed by atoms with Gasteiger partial charge in [0, 0.05) is 31.0 Å². The number of anilines is 2. The van der Waals surface area contributed by atoms with Crippen LogP contribution in [0.3, 0.4) is 0 Å². The van der Waals surface area contributed by atoms with E-state index in [-0.39, 0.29) is 0 Å². The second-order valence-electron chi connectivity index (χ2n) is 4.52. The highest BCUT2D eigenvalue weighted by atomic mass is 32.2. The molecule has 0 aromatic heterocycles. The van der Waals surface area contributed by atoms with Crippen LogP contribution in [0.5, 0.6) is 0 Å². The summed E-state index contributed by atoms with van der Waals surface area (Å²) < 4.78 is 24.5. The molecule has 1 aromatic rings. The lowest BCUT2D eigenvalue weighted by Crippen LogP contribution is -2.34. The van der Waals surface area contributed by atoms with Crippen molar-refractivity contribution in [2.75, 3.05) is 36.5 Å². The Morgan fingerprint density at radius 3 is 2.41 bits per heavy atom. The van der Waals surface area contributed by atoms with Crippen LogP contribution in [0.1, 0.15) is 12.5 Å². The molecule has 1 rings (SSSR count). The molecule has 9 nitrogen and oxygen atoms in total. The van der Waals surface area contributed by atoms with Crippen LogP contribution in [0, 0.1) is 17.0 Å². The Morgan fingerprint density at radius 1 is 1.45 bits per heavy atom. The third-order valence-corrected chi connectivity index (χ3v) is 3.47. The largest absolute Gasteiger partial charge is 0.399 e. The normalized spacial score (nSPS) is 10.5. The van der Waals surface area contributed by atoms with Gasteiger partial charge >= 0.3 is 0 Å². The Labute approximate surface area is 129 Å². The van der Waals surface area contributed by atoms with Gasteiger partial charge in [-0.3, -0.25) is 0 Å². The number of hydrogen-bond acceptors (Lipinski definition) is 6. The van der Waals surface area contributed by atoms with Gasteiger partial charge in [0.15, 0.2) is 0 Å². The summed E-state index contributed by atoms with van der Waals surface area (Å²) in [4.78, 5) is 10.5. The molecule has 0 aliphatic carbocycles. The zero-order valence-corrected chi connectivity index (χ0v) is 13.6. The molecule has 0 fully saturated rings. The van der Waals surface area contributed by atoms with Crippen molar-refractivity contribution in [2.24, 2.45) is 0 Å². The predicted octanol–water partition coefficient (Wildman–Crippen LogP) is 0.605. The van der Waals surface area contributed by atoms with Gasteiger partial charge in [-0.2, -0.15) is 0 Å². The van der Waals surface area contributed by atoms with E-state index in [9.17, 15) is 8.42 Å². The maximum atomic E-state index is 11.0. The van der Waals surface area contributed by atoms with Crippen LogP contribution in [0.4, 0.5) is 11.4 Å².